The van der Waals surface area contributed by atoms with E-state index in [4.69, 9.17) is 4.74 Å². The Morgan fingerprint density at radius 2 is 0.828 bits per heavy atom. The summed E-state index contributed by atoms with van der Waals surface area (Å²) in [5, 5.41) is 23.0. The molecular weight excluding hydrogens is 791 g/mol. The Labute approximate surface area is 397 Å². The van der Waals surface area contributed by atoms with Crippen LogP contribution < -0.4 is 5.32 Å². The summed E-state index contributed by atoms with van der Waals surface area (Å²) in [6.45, 7) is 4.81. The van der Waals surface area contributed by atoms with E-state index < -0.39 is 12.1 Å². The van der Waals surface area contributed by atoms with Crippen LogP contribution in [0, 0.1) is 0 Å². The molecule has 3 N–H and O–H groups in total. The molecule has 0 aromatic carbocycles. The van der Waals surface area contributed by atoms with Crippen molar-refractivity contribution in [2.24, 2.45) is 0 Å². The average Bonchev–Trinajstić information content (AvgIpc) is 3.29. The van der Waals surface area contributed by atoms with E-state index in [1.807, 2.05) is 6.08 Å². The number of aliphatic hydroxyl groups is 2. The molecular formula is C58H105NO5. The summed E-state index contributed by atoms with van der Waals surface area (Å²) in [5.41, 5.74) is 0. The molecule has 0 saturated heterocycles. The number of allylic oxidation sites excluding steroid dienone is 9. The van der Waals surface area contributed by atoms with Crippen LogP contribution in [0.2, 0.25) is 0 Å². The number of nitrogens with one attached hydrogen (secondary N) is 1. The molecule has 0 aliphatic carbocycles. The summed E-state index contributed by atoms with van der Waals surface area (Å²) in [4.78, 5) is 24.4. The number of carbonyl (C=O) groups is 2. The lowest BCUT2D eigenvalue weighted by Gasteiger charge is -2.20. The number of unbranched alkanes of at least 4 members (excludes halogenated alkanes) is 32. The van der Waals surface area contributed by atoms with Crippen molar-refractivity contribution in [1.82, 2.24) is 5.32 Å². The summed E-state index contributed by atoms with van der Waals surface area (Å²) in [6.07, 6.45) is 68.0. The van der Waals surface area contributed by atoms with Crippen LogP contribution >= 0.6 is 0 Å². The number of hydrogen-bond acceptors (Lipinski definition) is 5. The molecule has 0 fully saturated rings. The summed E-state index contributed by atoms with van der Waals surface area (Å²) in [6, 6.07) is -0.636. The highest BCUT2D eigenvalue weighted by Crippen LogP contribution is 2.15. The van der Waals surface area contributed by atoms with Gasteiger partial charge in [0, 0.05) is 12.8 Å². The number of amides is 1. The molecule has 0 aromatic rings. The van der Waals surface area contributed by atoms with Crippen LogP contribution in [-0.4, -0.2) is 47.4 Å². The molecule has 2 atom stereocenters. The molecule has 0 heterocycles. The van der Waals surface area contributed by atoms with Crippen molar-refractivity contribution in [3.05, 3.63) is 60.8 Å². The normalized spacial score (nSPS) is 13.1. The number of esters is 1. The van der Waals surface area contributed by atoms with Crippen LogP contribution in [0.4, 0.5) is 0 Å². The van der Waals surface area contributed by atoms with Gasteiger partial charge in [-0.3, -0.25) is 9.59 Å². The van der Waals surface area contributed by atoms with E-state index in [2.05, 4.69) is 67.8 Å². The Hall–Kier alpha value is -2.44. The zero-order valence-corrected chi connectivity index (χ0v) is 42.2. The van der Waals surface area contributed by atoms with Gasteiger partial charge in [-0.05, 0) is 96.3 Å². The third-order valence-electron chi connectivity index (χ3n) is 12.3. The molecule has 0 aliphatic heterocycles. The van der Waals surface area contributed by atoms with Crippen molar-refractivity contribution in [2.45, 2.75) is 283 Å². The van der Waals surface area contributed by atoms with Crippen molar-refractivity contribution < 1.29 is 24.5 Å². The highest BCUT2D eigenvalue weighted by molar-refractivity contribution is 5.76. The Kier molecular flexibility index (Phi) is 51.2. The fourth-order valence-corrected chi connectivity index (χ4v) is 8.01. The van der Waals surface area contributed by atoms with Crippen LogP contribution in [-0.2, 0) is 14.3 Å². The monoisotopic (exact) mass is 896 g/mol. The van der Waals surface area contributed by atoms with Crippen LogP contribution in [0.3, 0.4) is 0 Å². The van der Waals surface area contributed by atoms with Gasteiger partial charge in [0.15, 0.2) is 0 Å². The first kappa shape index (κ1) is 61.6. The first-order valence-electron chi connectivity index (χ1n) is 27.6. The molecule has 0 bridgehead atoms. The van der Waals surface area contributed by atoms with Crippen LogP contribution in [0.25, 0.3) is 0 Å². The quantitative estimate of drug-likeness (QED) is 0.0245. The van der Waals surface area contributed by atoms with Crippen molar-refractivity contribution in [3.63, 3.8) is 0 Å². The minimum atomic E-state index is -0.852. The van der Waals surface area contributed by atoms with Crippen molar-refractivity contribution in [3.8, 4) is 0 Å². The molecule has 0 aromatic heterocycles. The Bertz CT molecular complexity index is 1130. The maximum atomic E-state index is 12.4. The number of hydrogen-bond donors (Lipinski definition) is 3. The van der Waals surface area contributed by atoms with Gasteiger partial charge in [0.1, 0.15) is 0 Å². The minimum Gasteiger partial charge on any atom is -0.466 e. The average molecular weight is 896 g/mol. The van der Waals surface area contributed by atoms with Gasteiger partial charge < -0.3 is 20.3 Å². The van der Waals surface area contributed by atoms with Gasteiger partial charge >= 0.3 is 5.97 Å². The summed E-state index contributed by atoms with van der Waals surface area (Å²) in [5.74, 6) is -0.109. The molecule has 0 saturated carbocycles. The van der Waals surface area contributed by atoms with Crippen LogP contribution in [0.15, 0.2) is 60.8 Å². The van der Waals surface area contributed by atoms with Crippen molar-refractivity contribution >= 4 is 11.9 Å². The topological polar surface area (TPSA) is 95.9 Å². The van der Waals surface area contributed by atoms with E-state index in [1.54, 1.807) is 6.08 Å². The fourth-order valence-electron chi connectivity index (χ4n) is 8.01. The minimum absolute atomic E-state index is 0.0292. The second-order valence-corrected chi connectivity index (χ2v) is 18.6. The molecule has 1 amide bonds. The summed E-state index contributed by atoms with van der Waals surface area (Å²) in [7, 11) is 0. The van der Waals surface area contributed by atoms with E-state index in [0.717, 1.165) is 89.9 Å². The first-order valence-corrected chi connectivity index (χ1v) is 27.6. The van der Waals surface area contributed by atoms with Gasteiger partial charge in [0.05, 0.1) is 25.4 Å². The zero-order valence-electron chi connectivity index (χ0n) is 42.2. The molecule has 0 rings (SSSR count). The van der Waals surface area contributed by atoms with Crippen molar-refractivity contribution in [2.75, 3.05) is 13.2 Å². The van der Waals surface area contributed by atoms with E-state index in [0.29, 0.717) is 19.4 Å². The lowest BCUT2D eigenvalue weighted by Crippen LogP contribution is -2.45. The molecule has 2 unspecified atom stereocenters. The SMILES string of the molecule is CCCCC/C=C\C/C=C\CCCCCCCC(=O)OCCCCC/C=C\C=C/CCCCCCCCCCCCC(=O)NC(CO)C(O)/C=C/CCCCCCCCCCCCC. The summed E-state index contributed by atoms with van der Waals surface area (Å²) >= 11 is 0. The molecule has 64 heavy (non-hydrogen) atoms. The fraction of sp³-hybridized carbons (Fsp3) is 0.793. The predicted octanol–water partition coefficient (Wildman–Crippen LogP) is 16.8. The van der Waals surface area contributed by atoms with Crippen LogP contribution in [0.1, 0.15) is 271 Å². The second-order valence-electron chi connectivity index (χ2n) is 18.6. The highest BCUT2D eigenvalue weighted by atomic mass is 16.5. The standard InChI is InChI=1S/C58H105NO5/c1-3-5-7-9-11-13-15-17-23-28-32-36-40-44-48-52-58(63)64-53-49-45-41-37-33-29-25-22-20-18-19-21-24-27-31-35-39-43-47-51-57(62)59-55(54-60)56(61)50-46-42-38-34-30-26-16-14-12-10-8-6-4-2/h11,13,17,22-23,25,29,33,46,50,55-56,60-61H,3-10,12,14-16,18-21,24,26-28,30-32,34-45,47-49,51-54H2,1-2H3,(H,59,62)/b13-11-,23-17-,25-22-,33-29-,50-46+. The summed E-state index contributed by atoms with van der Waals surface area (Å²) < 4.78 is 5.44. The molecule has 0 radical (unpaired) electrons. The Balaban J connectivity index is 3.52. The van der Waals surface area contributed by atoms with E-state index in [1.165, 1.54) is 154 Å². The van der Waals surface area contributed by atoms with Crippen LogP contribution in [0.5, 0.6) is 0 Å². The lowest BCUT2D eigenvalue weighted by molar-refractivity contribution is -0.143. The maximum absolute atomic E-state index is 12.4. The van der Waals surface area contributed by atoms with E-state index in [9.17, 15) is 19.8 Å². The largest absolute Gasteiger partial charge is 0.466 e. The van der Waals surface area contributed by atoms with Gasteiger partial charge in [0.2, 0.25) is 5.91 Å². The smallest absolute Gasteiger partial charge is 0.305 e. The highest BCUT2D eigenvalue weighted by Gasteiger charge is 2.18. The van der Waals surface area contributed by atoms with E-state index in [-0.39, 0.29) is 18.5 Å². The molecule has 0 aliphatic rings. The third-order valence-corrected chi connectivity index (χ3v) is 12.3. The van der Waals surface area contributed by atoms with Gasteiger partial charge in [-0.1, -0.05) is 222 Å². The predicted molar refractivity (Wildman–Crippen MR) is 278 cm³/mol. The zero-order chi connectivity index (χ0) is 46.5. The Morgan fingerprint density at radius 1 is 0.453 bits per heavy atom. The van der Waals surface area contributed by atoms with Crippen molar-refractivity contribution in [1.29, 1.82) is 0 Å². The number of aliphatic hydroxyl groups excluding tert-OH is 2. The van der Waals surface area contributed by atoms with E-state index >= 15 is 0 Å². The first-order chi connectivity index (χ1) is 31.5. The third kappa shape index (κ3) is 49.0. The Morgan fingerprint density at radius 3 is 1.31 bits per heavy atom. The van der Waals surface area contributed by atoms with Gasteiger partial charge in [-0.2, -0.15) is 0 Å². The second kappa shape index (κ2) is 53.2. The maximum Gasteiger partial charge on any atom is 0.305 e. The lowest BCUT2D eigenvalue weighted by atomic mass is 10.0. The van der Waals surface area contributed by atoms with Gasteiger partial charge in [-0.15, -0.1) is 0 Å². The molecule has 6 nitrogen and oxygen atoms in total. The molecule has 372 valence electrons. The number of ether oxygens (including phenoxy) is 1. The van der Waals surface area contributed by atoms with Gasteiger partial charge in [-0.25, -0.2) is 0 Å². The number of rotatable bonds is 50. The molecule has 0 spiro atoms. The van der Waals surface area contributed by atoms with Gasteiger partial charge in [0.25, 0.3) is 0 Å². The number of carbonyl (C=O) groups excluding carboxylic acids is 2. The molecule has 6 heteroatoms.